The highest BCUT2D eigenvalue weighted by molar-refractivity contribution is 4.87. The van der Waals surface area contributed by atoms with E-state index in [-0.39, 0.29) is 12.1 Å². The first-order valence-corrected chi connectivity index (χ1v) is 7.21. The Morgan fingerprint density at radius 3 is 2.47 bits per heavy atom. The monoisotopic (exact) mass is 242 g/mol. The first kappa shape index (κ1) is 14.9. The average Bonchev–Trinajstić information content (AvgIpc) is 2.29. The molecule has 0 aromatic heterocycles. The number of rotatable bonds is 9. The van der Waals surface area contributed by atoms with Crippen LogP contribution in [-0.4, -0.2) is 48.3 Å². The van der Waals surface area contributed by atoms with Gasteiger partial charge in [0, 0.05) is 13.1 Å². The lowest BCUT2D eigenvalue weighted by atomic mass is 9.85. The summed E-state index contributed by atoms with van der Waals surface area (Å²) in [6.45, 7) is 11.0. The first-order valence-electron chi connectivity index (χ1n) is 7.21. The van der Waals surface area contributed by atoms with Crippen LogP contribution in [0.5, 0.6) is 0 Å². The highest BCUT2D eigenvalue weighted by Crippen LogP contribution is 2.27. The maximum Gasteiger partial charge on any atom is 0.0623 e. The molecule has 0 radical (unpaired) electrons. The molecule has 0 spiro atoms. The van der Waals surface area contributed by atoms with Gasteiger partial charge in [-0.1, -0.05) is 20.3 Å². The van der Waals surface area contributed by atoms with E-state index in [1.165, 1.54) is 25.8 Å². The maximum atomic E-state index is 9.57. The number of hydrogen-bond donors (Lipinski definition) is 2. The Morgan fingerprint density at radius 2 is 2.06 bits per heavy atom. The molecule has 1 rings (SSSR count). The minimum absolute atomic E-state index is 0.143. The molecule has 0 heterocycles. The normalized spacial score (nSPS) is 20.3. The van der Waals surface area contributed by atoms with Crippen molar-refractivity contribution < 1.29 is 5.11 Å². The minimum atomic E-state index is -0.143. The van der Waals surface area contributed by atoms with Crippen molar-refractivity contribution in [3.05, 3.63) is 0 Å². The number of nitrogens with zero attached hydrogens (tertiary/aromatic N) is 1. The van der Waals surface area contributed by atoms with Gasteiger partial charge in [0.05, 0.1) is 12.1 Å². The van der Waals surface area contributed by atoms with Crippen molar-refractivity contribution >= 4 is 0 Å². The van der Waals surface area contributed by atoms with E-state index in [9.17, 15) is 5.11 Å². The molecular weight excluding hydrogens is 212 g/mol. The molecule has 2 N–H and O–H groups in total. The molecule has 1 fully saturated rings. The van der Waals surface area contributed by atoms with Crippen LogP contribution in [0.2, 0.25) is 0 Å². The molecule has 3 nitrogen and oxygen atoms in total. The molecular formula is C14H30N2O. The van der Waals surface area contributed by atoms with Gasteiger partial charge in [-0.15, -0.1) is 0 Å². The van der Waals surface area contributed by atoms with Gasteiger partial charge < -0.3 is 15.3 Å². The van der Waals surface area contributed by atoms with Crippen molar-refractivity contribution in [2.45, 2.75) is 52.0 Å². The third-order valence-electron chi connectivity index (χ3n) is 3.91. The molecule has 0 aliphatic heterocycles. The van der Waals surface area contributed by atoms with Crippen molar-refractivity contribution in [3.8, 4) is 0 Å². The molecule has 1 atom stereocenters. The van der Waals surface area contributed by atoms with Crippen molar-refractivity contribution in [3.63, 3.8) is 0 Å². The van der Waals surface area contributed by atoms with Crippen LogP contribution in [0.15, 0.2) is 0 Å². The van der Waals surface area contributed by atoms with Crippen molar-refractivity contribution in [2.75, 3.05) is 32.8 Å². The first-order chi connectivity index (χ1) is 8.13. The van der Waals surface area contributed by atoms with E-state index in [4.69, 9.17) is 0 Å². The Kier molecular flexibility index (Phi) is 6.45. The lowest BCUT2D eigenvalue weighted by Gasteiger charge is -2.38. The summed E-state index contributed by atoms with van der Waals surface area (Å²) in [6, 6.07) is 0. The van der Waals surface area contributed by atoms with Crippen LogP contribution >= 0.6 is 0 Å². The van der Waals surface area contributed by atoms with Crippen LogP contribution in [0.25, 0.3) is 0 Å². The summed E-state index contributed by atoms with van der Waals surface area (Å²) in [5, 5.41) is 13.1. The highest BCUT2D eigenvalue weighted by Gasteiger charge is 2.27. The van der Waals surface area contributed by atoms with Gasteiger partial charge in [-0.3, -0.25) is 0 Å². The topological polar surface area (TPSA) is 35.5 Å². The van der Waals surface area contributed by atoms with Crippen LogP contribution in [-0.2, 0) is 0 Å². The van der Waals surface area contributed by atoms with Crippen LogP contribution in [0.4, 0.5) is 0 Å². The van der Waals surface area contributed by atoms with Crippen LogP contribution in [0, 0.1) is 5.92 Å². The third-order valence-corrected chi connectivity index (χ3v) is 3.91. The maximum absolute atomic E-state index is 9.57. The molecule has 0 bridgehead atoms. The van der Waals surface area contributed by atoms with E-state index in [0.29, 0.717) is 0 Å². The molecule has 1 aliphatic carbocycles. The minimum Gasteiger partial charge on any atom is -0.394 e. The lowest BCUT2D eigenvalue weighted by Crippen LogP contribution is -2.55. The lowest BCUT2D eigenvalue weighted by molar-refractivity contribution is 0.101. The zero-order chi connectivity index (χ0) is 12.7. The largest absolute Gasteiger partial charge is 0.394 e. The second-order valence-corrected chi connectivity index (χ2v) is 5.77. The summed E-state index contributed by atoms with van der Waals surface area (Å²) in [6.07, 6.45) is 5.32. The predicted octanol–water partition coefficient (Wildman–Crippen LogP) is 1.86. The van der Waals surface area contributed by atoms with Gasteiger partial charge in [0.2, 0.25) is 0 Å². The Balaban J connectivity index is 2.38. The van der Waals surface area contributed by atoms with E-state index in [2.05, 4.69) is 31.0 Å². The Hall–Kier alpha value is -0.120. The highest BCUT2D eigenvalue weighted by atomic mass is 16.3. The Morgan fingerprint density at radius 1 is 1.35 bits per heavy atom. The summed E-state index contributed by atoms with van der Waals surface area (Å²) < 4.78 is 0. The molecule has 1 aliphatic rings. The quantitative estimate of drug-likeness (QED) is 0.648. The molecule has 1 saturated carbocycles. The molecule has 3 heteroatoms. The van der Waals surface area contributed by atoms with Gasteiger partial charge in [-0.2, -0.15) is 0 Å². The van der Waals surface area contributed by atoms with Crippen LogP contribution in [0.3, 0.4) is 0 Å². The van der Waals surface area contributed by atoms with E-state index in [0.717, 1.165) is 32.0 Å². The fraction of sp³-hybridized carbons (Fsp3) is 1.00. The van der Waals surface area contributed by atoms with Gasteiger partial charge in [-0.05, 0) is 45.2 Å². The van der Waals surface area contributed by atoms with Crippen molar-refractivity contribution in [2.24, 2.45) is 5.92 Å². The molecule has 102 valence electrons. The molecule has 0 aromatic carbocycles. The van der Waals surface area contributed by atoms with Crippen molar-refractivity contribution in [1.29, 1.82) is 0 Å². The Labute approximate surface area is 107 Å². The fourth-order valence-corrected chi connectivity index (χ4v) is 2.43. The zero-order valence-corrected chi connectivity index (χ0v) is 11.8. The molecule has 0 amide bonds. The van der Waals surface area contributed by atoms with Gasteiger partial charge in [0.15, 0.2) is 0 Å². The van der Waals surface area contributed by atoms with Crippen molar-refractivity contribution in [1.82, 2.24) is 10.2 Å². The zero-order valence-electron chi connectivity index (χ0n) is 11.8. The Bertz CT molecular complexity index is 206. The summed E-state index contributed by atoms with van der Waals surface area (Å²) >= 11 is 0. The fourth-order valence-electron chi connectivity index (χ4n) is 2.43. The van der Waals surface area contributed by atoms with Gasteiger partial charge in [-0.25, -0.2) is 0 Å². The number of aliphatic hydroxyl groups is 1. The van der Waals surface area contributed by atoms with Crippen LogP contribution in [0.1, 0.15) is 46.5 Å². The second kappa shape index (κ2) is 7.34. The SMILES string of the molecule is CCCNC(C)(CO)CN(CC)CC1CCC1. The van der Waals surface area contributed by atoms with E-state index < -0.39 is 0 Å². The summed E-state index contributed by atoms with van der Waals surface area (Å²) in [7, 11) is 0. The summed E-state index contributed by atoms with van der Waals surface area (Å²) in [5.41, 5.74) is -0.143. The van der Waals surface area contributed by atoms with Gasteiger partial charge in [0.1, 0.15) is 0 Å². The van der Waals surface area contributed by atoms with E-state index in [1.807, 2.05) is 0 Å². The van der Waals surface area contributed by atoms with Gasteiger partial charge >= 0.3 is 0 Å². The third kappa shape index (κ3) is 4.94. The molecule has 0 saturated heterocycles. The smallest absolute Gasteiger partial charge is 0.0623 e. The van der Waals surface area contributed by atoms with Crippen LogP contribution < -0.4 is 5.32 Å². The average molecular weight is 242 g/mol. The summed E-state index contributed by atoms with van der Waals surface area (Å²) in [5.74, 6) is 0.907. The standard InChI is InChI=1S/C14H30N2O/c1-4-9-15-14(3,12-17)11-16(5-2)10-13-7-6-8-13/h13,15,17H,4-12H2,1-3H3. The number of nitrogens with one attached hydrogen (secondary N) is 1. The molecule has 1 unspecified atom stereocenters. The number of hydrogen-bond acceptors (Lipinski definition) is 3. The van der Waals surface area contributed by atoms with E-state index >= 15 is 0 Å². The summed E-state index contributed by atoms with van der Waals surface area (Å²) in [4.78, 5) is 2.49. The van der Waals surface area contributed by atoms with E-state index in [1.54, 1.807) is 0 Å². The number of likely N-dealkylation sites (N-methyl/N-ethyl adjacent to an activating group) is 1. The number of aliphatic hydroxyl groups excluding tert-OH is 1. The van der Waals surface area contributed by atoms with Gasteiger partial charge in [0.25, 0.3) is 0 Å². The molecule has 17 heavy (non-hydrogen) atoms. The second-order valence-electron chi connectivity index (χ2n) is 5.77. The molecule has 0 aromatic rings. The predicted molar refractivity (Wildman–Crippen MR) is 73.2 cm³/mol.